The van der Waals surface area contributed by atoms with Gasteiger partial charge in [0.15, 0.2) is 0 Å². The van der Waals surface area contributed by atoms with Gasteiger partial charge >= 0.3 is 6.18 Å². The van der Waals surface area contributed by atoms with Gasteiger partial charge in [-0.25, -0.2) is 0 Å². The molecule has 34 heavy (non-hydrogen) atoms. The standard InChI is InChI=1S/C24H24F3N5O2/c25-24(26,27)18-8-6-16(7-9-18)19-15-30-31-22(19)20-5-1-2-13-32(20)21(33)10-12-29-23(34)17-4-3-11-28-14-17/h3-4,6-9,11,14-15,20H,1-2,5,10,12-13H2,(H,29,34)(H,30,31)/t20-/m1/s1. The third-order valence-corrected chi connectivity index (χ3v) is 5.90. The van der Waals surface area contributed by atoms with Gasteiger partial charge in [-0.1, -0.05) is 12.1 Å². The number of aromatic amines is 1. The fourth-order valence-corrected chi connectivity index (χ4v) is 4.17. The van der Waals surface area contributed by atoms with Crippen molar-refractivity contribution < 1.29 is 22.8 Å². The molecule has 3 aromatic rings. The van der Waals surface area contributed by atoms with Gasteiger partial charge in [0, 0.05) is 37.5 Å². The van der Waals surface area contributed by atoms with Crippen molar-refractivity contribution in [3.8, 4) is 11.1 Å². The first-order chi connectivity index (χ1) is 16.3. The molecular formula is C24H24F3N5O2. The van der Waals surface area contributed by atoms with E-state index in [9.17, 15) is 22.8 Å². The van der Waals surface area contributed by atoms with Crippen molar-refractivity contribution in [2.45, 2.75) is 37.9 Å². The zero-order valence-corrected chi connectivity index (χ0v) is 18.3. The Labute approximate surface area is 194 Å². The Morgan fingerprint density at radius 3 is 2.62 bits per heavy atom. The number of carbonyl (C=O) groups is 2. The van der Waals surface area contributed by atoms with E-state index in [0.717, 1.165) is 25.0 Å². The van der Waals surface area contributed by atoms with Gasteiger partial charge in [-0.2, -0.15) is 18.3 Å². The zero-order chi connectivity index (χ0) is 24.1. The topological polar surface area (TPSA) is 91.0 Å². The number of hydrogen-bond donors (Lipinski definition) is 2. The van der Waals surface area contributed by atoms with Crippen molar-refractivity contribution in [1.29, 1.82) is 0 Å². The van der Waals surface area contributed by atoms with Gasteiger partial charge in [-0.15, -0.1) is 0 Å². The molecule has 0 unspecified atom stereocenters. The van der Waals surface area contributed by atoms with Crippen LogP contribution in [-0.2, 0) is 11.0 Å². The maximum Gasteiger partial charge on any atom is 0.416 e. The summed E-state index contributed by atoms with van der Waals surface area (Å²) in [6.07, 6.45) is 2.81. The van der Waals surface area contributed by atoms with Gasteiger partial charge in [0.25, 0.3) is 5.91 Å². The van der Waals surface area contributed by atoms with E-state index < -0.39 is 11.7 Å². The smallest absolute Gasteiger partial charge is 0.351 e. The fraction of sp³-hybridized carbons (Fsp3) is 0.333. The molecule has 1 aliphatic heterocycles. The Morgan fingerprint density at radius 2 is 1.91 bits per heavy atom. The largest absolute Gasteiger partial charge is 0.416 e. The van der Waals surface area contributed by atoms with Gasteiger partial charge in [0.1, 0.15) is 0 Å². The van der Waals surface area contributed by atoms with Crippen molar-refractivity contribution in [3.63, 3.8) is 0 Å². The summed E-state index contributed by atoms with van der Waals surface area (Å²) in [5.74, 6) is -0.404. The number of halogens is 3. The minimum absolute atomic E-state index is 0.107. The number of nitrogens with zero attached hydrogens (tertiary/aromatic N) is 3. The molecule has 1 aliphatic rings. The minimum Gasteiger partial charge on any atom is -0.351 e. The van der Waals surface area contributed by atoms with Crippen LogP contribution in [0, 0.1) is 0 Å². The number of aromatic nitrogens is 3. The highest BCUT2D eigenvalue weighted by atomic mass is 19.4. The Morgan fingerprint density at radius 1 is 1.12 bits per heavy atom. The van der Waals surface area contributed by atoms with Crippen molar-refractivity contribution in [2.24, 2.45) is 0 Å². The Kier molecular flexibility index (Phi) is 6.95. The molecule has 2 aromatic heterocycles. The van der Waals surface area contributed by atoms with E-state index in [1.54, 1.807) is 29.4 Å². The van der Waals surface area contributed by atoms with E-state index in [0.29, 0.717) is 35.3 Å². The number of nitrogens with one attached hydrogen (secondary N) is 2. The molecule has 178 valence electrons. The highest BCUT2D eigenvalue weighted by Gasteiger charge is 2.32. The normalized spacial score (nSPS) is 16.3. The average molecular weight is 471 g/mol. The Bertz CT molecular complexity index is 1130. The third kappa shape index (κ3) is 5.27. The number of piperidine rings is 1. The van der Waals surface area contributed by atoms with Crippen LogP contribution in [0.2, 0.25) is 0 Å². The fourth-order valence-electron chi connectivity index (χ4n) is 4.17. The molecule has 4 rings (SSSR count). The summed E-state index contributed by atoms with van der Waals surface area (Å²) < 4.78 is 38.8. The van der Waals surface area contributed by atoms with Crippen LogP contribution in [0.3, 0.4) is 0 Å². The molecule has 0 aliphatic carbocycles. The van der Waals surface area contributed by atoms with Crippen LogP contribution >= 0.6 is 0 Å². The average Bonchev–Trinajstić information content (AvgIpc) is 3.34. The first-order valence-corrected chi connectivity index (χ1v) is 11.0. The Hall–Kier alpha value is -3.69. The summed E-state index contributed by atoms with van der Waals surface area (Å²) in [5, 5.41) is 9.80. The van der Waals surface area contributed by atoms with Crippen LogP contribution in [0.5, 0.6) is 0 Å². The maximum atomic E-state index is 13.0. The van der Waals surface area contributed by atoms with E-state index in [4.69, 9.17) is 0 Å². The number of hydrogen-bond acceptors (Lipinski definition) is 4. The van der Waals surface area contributed by atoms with Crippen LogP contribution in [0.25, 0.3) is 11.1 Å². The molecule has 0 bridgehead atoms. The lowest BCUT2D eigenvalue weighted by Gasteiger charge is -2.36. The monoisotopic (exact) mass is 471 g/mol. The van der Waals surface area contributed by atoms with Gasteiger partial charge < -0.3 is 10.2 Å². The number of rotatable bonds is 6. The lowest BCUT2D eigenvalue weighted by molar-refractivity contribution is -0.137. The minimum atomic E-state index is -4.41. The first-order valence-electron chi connectivity index (χ1n) is 11.0. The number of likely N-dealkylation sites (tertiary alicyclic amines) is 1. The van der Waals surface area contributed by atoms with Crippen molar-refractivity contribution >= 4 is 11.8 Å². The van der Waals surface area contributed by atoms with Crippen molar-refractivity contribution in [2.75, 3.05) is 13.1 Å². The van der Waals surface area contributed by atoms with Gasteiger partial charge in [-0.05, 0) is 49.1 Å². The second-order valence-electron chi connectivity index (χ2n) is 8.12. The maximum absolute atomic E-state index is 13.0. The molecule has 3 heterocycles. The molecule has 7 nitrogen and oxygen atoms in total. The molecule has 2 amide bonds. The van der Waals surface area contributed by atoms with Crippen LogP contribution in [0.15, 0.2) is 55.0 Å². The van der Waals surface area contributed by atoms with Crippen LogP contribution in [0.1, 0.15) is 53.3 Å². The molecule has 0 radical (unpaired) electrons. The molecule has 0 spiro atoms. The number of pyridine rings is 1. The molecule has 2 N–H and O–H groups in total. The number of carbonyl (C=O) groups excluding carboxylic acids is 2. The van der Waals surface area contributed by atoms with Crippen molar-refractivity contribution in [1.82, 2.24) is 25.4 Å². The highest BCUT2D eigenvalue weighted by Crippen LogP contribution is 2.37. The van der Waals surface area contributed by atoms with Crippen LogP contribution < -0.4 is 5.32 Å². The predicted octanol–water partition coefficient (Wildman–Crippen LogP) is 4.36. The van der Waals surface area contributed by atoms with E-state index >= 15 is 0 Å². The summed E-state index contributed by atoms with van der Waals surface area (Å²) in [5.41, 5.74) is 1.67. The molecule has 1 saturated heterocycles. The number of H-pyrrole nitrogens is 1. The number of alkyl halides is 3. The molecule has 10 heteroatoms. The second-order valence-corrected chi connectivity index (χ2v) is 8.12. The van der Waals surface area contributed by atoms with Crippen LogP contribution in [-0.4, -0.2) is 45.0 Å². The number of benzene rings is 1. The molecule has 1 aromatic carbocycles. The summed E-state index contributed by atoms with van der Waals surface area (Å²) in [7, 11) is 0. The lowest BCUT2D eigenvalue weighted by Crippen LogP contribution is -2.40. The quantitative estimate of drug-likeness (QED) is 0.559. The third-order valence-electron chi connectivity index (χ3n) is 5.90. The van der Waals surface area contributed by atoms with Crippen molar-refractivity contribution in [3.05, 3.63) is 71.8 Å². The lowest BCUT2D eigenvalue weighted by atomic mass is 9.94. The predicted molar refractivity (Wildman–Crippen MR) is 119 cm³/mol. The van der Waals surface area contributed by atoms with E-state index in [-0.39, 0.29) is 30.8 Å². The molecular weight excluding hydrogens is 447 g/mol. The number of amides is 2. The van der Waals surface area contributed by atoms with Crippen LogP contribution in [0.4, 0.5) is 13.2 Å². The van der Waals surface area contributed by atoms with E-state index in [1.807, 2.05) is 0 Å². The molecule has 0 saturated carbocycles. The first kappa shape index (κ1) is 23.5. The second kappa shape index (κ2) is 10.1. The highest BCUT2D eigenvalue weighted by molar-refractivity contribution is 5.94. The van der Waals surface area contributed by atoms with Gasteiger partial charge in [0.05, 0.1) is 29.1 Å². The zero-order valence-electron chi connectivity index (χ0n) is 18.3. The summed E-state index contributed by atoms with van der Waals surface area (Å²) in [6, 6.07) is 7.96. The van der Waals surface area contributed by atoms with E-state index in [1.165, 1.54) is 18.3 Å². The molecule has 1 fully saturated rings. The summed E-state index contributed by atoms with van der Waals surface area (Å²) >= 11 is 0. The van der Waals surface area contributed by atoms with Gasteiger partial charge in [-0.3, -0.25) is 19.7 Å². The summed E-state index contributed by atoms with van der Waals surface area (Å²) in [4.78, 5) is 30.9. The summed E-state index contributed by atoms with van der Waals surface area (Å²) in [6.45, 7) is 0.746. The Balaban J connectivity index is 1.45. The van der Waals surface area contributed by atoms with E-state index in [2.05, 4.69) is 20.5 Å². The molecule has 1 atom stereocenters. The van der Waals surface area contributed by atoms with Gasteiger partial charge in [0.2, 0.25) is 5.91 Å². The SMILES string of the molecule is O=C(NCCC(=O)N1CCCC[C@@H]1c1[nH]ncc1-c1ccc(C(F)(F)F)cc1)c1cccnc1.